The number of amides is 2. The number of carbonyl (C=O) groups is 1. The van der Waals surface area contributed by atoms with Gasteiger partial charge in [0.15, 0.2) is 0 Å². The van der Waals surface area contributed by atoms with Crippen molar-refractivity contribution in [2.24, 2.45) is 0 Å². The standard InChI is InChI=1S/C12H18N6OS/c1-4-10-17-18-12(20-10)14-11(19)13-7(2)5-9-6-8(3)15-16-9/h6-7H,4-5H2,1-3H3,(H,15,16)(H2,13,14,18,19). The Morgan fingerprint density at radius 1 is 1.50 bits per heavy atom. The maximum atomic E-state index is 11.8. The van der Waals surface area contributed by atoms with E-state index in [1.54, 1.807) is 0 Å². The first-order valence-corrected chi connectivity index (χ1v) is 7.29. The van der Waals surface area contributed by atoms with Gasteiger partial charge in [0.05, 0.1) is 5.69 Å². The number of aryl methyl sites for hydroxylation is 2. The molecule has 0 aliphatic rings. The molecule has 2 rings (SSSR count). The number of urea groups is 1. The fourth-order valence-corrected chi connectivity index (χ4v) is 2.42. The maximum absolute atomic E-state index is 11.8. The molecule has 0 fully saturated rings. The van der Waals surface area contributed by atoms with Gasteiger partial charge in [0, 0.05) is 18.2 Å². The largest absolute Gasteiger partial charge is 0.335 e. The molecule has 0 spiro atoms. The Morgan fingerprint density at radius 2 is 2.30 bits per heavy atom. The van der Waals surface area contributed by atoms with Crippen LogP contribution in [0.3, 0.4) is 0 Å². The monoisotopic (exact) mass is 294 g/mol. The number of aromatic amines is 1. The van der Waals surface area contributed by atoms with Crippen LogP contribution < -0.4 is 10.6 Å². The van der Waals surface area contributed by atoms with Crippen LogP contribution in [0, 0.1) is 6.92 Å². The number of nitrogens with zero attached hydrogens (tertiary/aromatic N) is 3. The fourth-order valence-electron chi connectivity index (χ4n) is 1.75. The zero-order chi connectivity index (χ0) is 14.5. The van der Waals surface area contributed by atoms with Gasteiger partial charge in [-0.2, -0.15) is 5.10 Å². The van der Waals surface area contributed by atoms with E-state index < -0.39 is 0 Å². The molecule has 0 radical (unpaired) electrons. The highest BCUT2D eigenvalue weighted by Crippen LogP contribution is 2.15. The van der Waals surface area contributed by atoms with E-state index in [4.69, 9.17) is 0 Å². The molecule has 1 atom stereocenters. The quantitative estimate of drug-likeness (QED) is 0.784. The maximum Gasteiger partial charge on any atom is 0.321 e. The van der Waals surface area contributed by atoms with Crippen LogP contribution in [0.15, 0.2) is 6.07 Å². The minimum Gasteiger partial charge on any atom is -0.335 e. The van der Waals surface area contributed by atoms with E-state index in [2.05, 4.69) is 31.0 Å². The Hall–Kier alpha value is -1.96. The third kappa shape index (κ3) is 4.02. The lowest BCUT2D eigenvalue weighted by atomic mass is 10.2. The summed E-state index contributed by atoms with van der Waals surface area (Å²) in [6.45, 7) is 5.88. The van der Waals surface area contributed by atoms with Crippen molar-refractivity contribution in [1.82, 2.24) is 25.7 Å². The van der Waals surface area contributed by atoms with Gasteiger partial charge in [-0.05, 0) is 26.3 Å². The smallest absolute Gasteiger partial charge is 0.321 e. The van der Waals surface area contributed by atoms with Gasteiger partial charge in [-0.15, -0.1) is 10.2 Å². The summed E-state index contributed by atoms with van der Waals surface area (Å²) >= 11 is 1.38. The highest BCUT2D eigenvalue weighted by atomic mass is 32.1. The molecule has 2 aromatic heterocycles. The molecule has 0 aliphatic heterocycles. The molecular formula is C12H18N6OS. The van der Waals surface area contributed by atoms with Gasteiger partial charge in [-0.25, -0.2) is 4.79 Å². The van der Waals surface area contributed by atoms with Crippen molar-refractivity contribution in [1.29, 1.82) is 0 Å². The molecule has 0 aliphatic carbocycles. The molecule has 8 heteroatoms. The van der Waals surface area contributed by atoms with Crippen LogP contribution in [0.5, 0.6) is 0 Å². The van der Waals surface area contributed by atoms with E-state index in [0.717, 1.165) is 22.8 Å². The third-order valence-electron chi connectivity index (χ3n) is 2.64. The number of anilines is 1. The number of hydrogen-bond acceptors (Lipinski definition) is 5. The lowest BCUT2D eigenvalue weighted by molar-refractivity contribution is 0.249. The zero-order valence-corrected chi connectivity index (χ0v) is 12.5. The first-order chi connectivity index (χ1) is 9.56. The summed E-state index contributed by atoms with van der Waals surface area (Å²) in [7, 11) is 0. The number of rotatable bonds is 5. The molecule has 2 aromatic rings. The summed E-state index contributed by atoms with van der Waals surface area (Å²) in [6, 6.07) is 1.67. The van der Waals surface area contributed by atoms with Crippen molar-refractivity contribution in [3.8, 4) is 0 Å². The number of hydrogen-bond donors (Lipinski definition) is 3. The number of H-pyrrole nitrogens is 1. The molecule has 2 heterocycles. The molecular weight excluding hydrogens is 276 g/mol. The molecule has 0 aromatic carbocycles. The Balaban J connectivity index is 1.81. The summed E-state index contributed by atoms with van der Waals surface area (Å²) in [5, 5.41) is 21.8. The molecule has 0 bridgehead atoms. The predicted octanol–water partition coefficient (Wildman–Crippen LogP) is 1.88. The average molecular weight is 294 g/mol. The van der Waals surface area contributed by atoms with E-state index in [9.17, 15) is 4.79 Å². The van der Waals surface area contributed by atoms with Crippen LogP contribution in [0.25, 0.3) is 0 Å². The van der Waals surface area contributed by atoms with Gasteiger partial charge >= 0.3 is 6.03 Å². The van der Waals surface area contributed by atoms with Gasteiger partial charge < -0.3 is 5.32 Å². The lowest BCUT2D eigenvalue weighted by Crippen LogP contribution is -2.37. The summed E-state index contributed by atoms with van der Waals surface area (Å²) in [5.41, 5.74) is 1.94. The van der Waals surface area contributed by atoms with E-state index >= 15 is 0 Å². The molecule has 1 unspecified atom stereocenters. The van der Waals surface area contributed by atoms with Crippen molar-refractivity contribution in [2.75, 3.05) is 5.32 Å². The lowest BCUT2D eigenvalue weighted by Gasteiger charge is -2.12. The Labute approximate surface area is 121 Å². The van der Waals surface area contributed by atoms with Gasteiger partial charge in [0.25, 0.3) is 0 Å². The van der Waals surface area contributed by atoms with E-state index in [1.807, 2.05) is 26.8 Å². The normalized spacial score (nSPS) is 12.2. The van der Waals surface area contributed by atoms with Crippen LogP contribution in [-0.4, -0.2) is 32.5 Å². The van der Waals surface area contributed by atoms with Crippen LogP contribution >= 0.6 is 11.3 Å². The molecule has 3 N–H and O–H groups in total. The van der Waals surface area contributed by atoms with Crippen molar-refractivity contribution >= 4 is 22.5 Å². The number of carbonyl (C=O) groups excluding carboxylic acids is 1. The zero-order valence-electron chi connectivity index (χ0n) is 11.7. The van der Waals surface area contributed by atoms with Crippen LogP contribution in [0.1, 0.15) is 30.2 Å². The highest BCUT2D eigenvalue weighted by Gasteiger charge is 2.11. The average Bonchev–Trinajstić information content (AvgIpc) is 2.98. The fraction of sp³-hybridized carbons (Fsp3) is 0.500. The van der Waals surface area contributed by atoms with Crippen LogP contribution in [0.4, 0.5) is 9.93 Å². The molecule has 0 saturated carbocycles. The Kier molecular flexibility index (Phi) is 4.67. The molecule has 2 amide bonds. The van der Waals surface area contributed by atoms with Gasteiger partial charge in [0.1, 0.15) is 5.01 Å². The van der Waals surface area contributed by atoms with Crippen LogP contribution in [0.2, 0.25) is 0 Å². The first-order valence-electron chi connectivity index (χ1n) is 6.47. The second-order valence-corrected chi connectivity index (χ2v) is 5.66. The van der Waals surface area contributed by atoms with Gasteiger partial charge in [-0.3, -0.25) is 10.4 Å². The Morgan fingerprint density at radius 3 is 2.90 bits per heavy atom. The van der Waals surface area contributed by atoms with E-state index in [-0.39, 0.29) is 12.1 Å². The minimum absolute atomic E-state index is 0.0173. The van der Waals surface area contributed by atoms with E-state index in [1.165, 1.54) is 11.3 Å². The van der Waals surface area contributed by atoms with Gasteiger partial charge in [-0.1, -0.05) is 18.3 Å². The third-order valence-corrected chi connectivity index (χ3v) is 3.62. The predicted molar refractivity (Wildman–Crippen MR) is 77.9 cm³/mol. The van der Waals surface area contributed by atoms with E-state index in [0.29, 0.717) is 11.6 Å². The van der Waals surface area contributed by atoms with Crippen molar-refractivity contribution in [2.45, 2.75) is 39.7 Å². The highest BCUT2D eigenvalue weighted by molar-refractivity contribution is 7.15. The minimum atomic E-state index is -0.274. The SMILES string of the molecule is CCc1nnc(NC(=O)NC(C)Cc2cc(C)[nH]n2)s1. The van der Waals surface area contributed by atoms with Crippen LogP contribution in [-0.2, 0) is 12.8 Å². The van der Waals surface area contributed by atoms with Crippen molar-refractivity contribution in [3.63, 3.8) is 0 Å². The molecule has 0 saturated heterocycles. The van der Waals surface area contributed by atoms with Crippen molar-refractivity contribution in [3.05, 3.63) is 22.5 Å². The summed E-state index contributed by atoms with van der Waals surface area (Å²) in [6.07, 6.45) is 1.49. The summed E-state index contributed by atoms with van der Waals surface area (Å²) < 4.78 is 0. The number of nitrogens with one attached hydrogen (secondary N) is 3. The topological polar surface area (TPSA) is 95.6 Å². The summed E-state index contributed by atoms with van der Waals surface area (Å²) in [5.74, 6) is 0. The number of aromatic nitrogens is 4. The molecule has 108 valence electrons. The summed E-state index contributed by atoms with van der Waals surface area (Å²) in [4.78, 5) is 11.8. The first kappa shape index (κ1) is 14.4. The molecule has 20 heavy (non-hydrogen) atoms. The van der Waals surface area contributed by atoms with Crippen molar-refractivity contribution < 1.29 is 4.79 Å². The second kappa shape index (κ2) is 6.47. The molecule has 7 nitrogen and oxygen atoms in total. The second-order valence-electron chi connectivity index (χ2n) is 4.60. The Bertz CT molecular complexity index is 578. The van der Waals surface area contributed by atoms with Gasteiger partial charge in [0.2, 0.25) is 5.13 Å².